The summed E-state index contributed by atoms with van der Waals surface area (Å²) in [6, 6.07) is 5.34. The fourth-order valence-corrected chi connectivity index (χ4v) is 4.13. The van der Waals surface area contributed by atoms with Gasteiger partial charge in [-0.05, 0) is 25.5 Å². The molecule has 0 aliphatic carbocycles. The van der Waals surface area contributed by atoms with E-state index in [1.54, 1.807) is 16.5 Å². The highest BCUT2D eigenvalue weighted by Crippen LogP contribution is 2.34. The van der Waals surface area contributed by atoms with Gasteiger partial charge in [-0.25, -0.2) is 14.6 Å². The number of imidazole rings is 1. The van der Waals surface area contributed by atoms with E-state index in [0.29, 0.717) is 28.2 Å². The molecule has 1 aromatic carbocycles. The van der Waals surface area contributed by atoms with E-state index in [4.69, 9.17) is 4.42 Å². The molecule has 0 bridgehead atoms. The Morgan fingerprint density at radius 1 is 1.44 bits per heavy atom. The zero-order valence-electron chi connectivity index (χ0n) is 13.6. The second kappa shape index (κ2) is 5.59. The second-order valence-electron chi connectivity index (χ2n) is 5.81. The number of rotatable bonds is 4. The number of hydrogen-bond donors (Lipinski definition) is 2. The number of H-pyrrole nitrogens is 1. The van der Waals surface area contributed by atoms with Gasteiger partial charge in [0, 0.05) is 10.4 Å². The molecule has 3 heterocycles. The Labute approximate surface area is 145 Å². The van der Waals surface area contributed by atoms with Crippen LogP contribution in [-0.2, 0) is 6.42 Å². The van der Waals surface area contributed by atoms with Crippen molar-refractivity contribution in [3.63, 3.8) is 0 Å². The molecule has 2 N–H and O–H groups in total. The second-order valence-corrected chi connectivity index (χ2v) is 6.99. The zero-order chi connectivity index (χ0) is 17.7. The SMILES string of the molecule is CCCc1nc2sc(C)c(-c3ccc4[nH]c(=O)oc4c3)n2c1C(=O)O. The Balaban J connectivity index is 2.03. The van der Waals surface area contributed by atoms with Crippen LogP contribution >= 0.6 is 11.3 Å². The van der Waals surface area contributed by atoms with Crippen molar-refractivity contribution in [1.29, 1.82) is 0 Å². The van der Waals surface area contributed by atoms with Crippen LogP contribution in [0.25, 0.3) is 27.3 Å². The van der Waals surface area contributed by atoms with Crippen LogP contribution in [0.3, 0.4) is 0 Å². The Morgan fingerprint density at radius 3 is 2.96 bits per heavy atom. The molecule has 0 saturated heterocycles. The van der Waals surface area contributed by atoms with Gasteiger partial charge in [-0.3, -0.25) is 9.38 Å². The lowest BCUT2D eigenvalue weighted by atomic mass is 10.1. The van der Waals surface area contributed by atoms with Crippen LogP contribution in [0.2, 0.25) is 0 Å². The van der Waals surface area contributed by atoms with Gasteiger partial charge in [0.15, 0.2) is 16.2 Å². The van der Waals surface area contributed by atoms with E-state index < -0.39 is 11.7 Å². The van der Waals surface area contributed by atoms with Crippen LogP contribution in [0.1, 0.15) is 34.4 Å². The van der Waals surface area contributed by atoms with Crippen LogP contribution in [0.15, 0.2) is 27.4 Å². The number of thiazole rings is 1. The first-order chi connectivity index (χ1) is 12.0. The lowest BCUT2D eigenvalue weighted by Crippen LogP contribution is -2.06. The Kier molecular flexibility index (Phi) is 3.50. The van der Waals surface area contributed by atoms with Crippen LogP contribution in [0.5, 0.6) is 0 Å². The standard InChI is InChI=1S/C17H15N3O4S/c1-3-4-11-14(15(21)22)20-13(8(2)25-16(20)18-11)9-5-6-10-12(7-9)24-17(23)19-10/h5-7H,3-4H2,1-2H3,(H,19,23)(H,21,22). The van der Waals surface area contributed by atoms with Gasteiger partial charge < -0.3 is 9.52 Å². The maximum Gasteiger partial charge on any atom is 0.417 e. The van der Waals surface area contributed by atoms with Gasteiger partial charge in [-0.1, -0.05) is 19.4 Å². The summed E-state index contributed by atoms with van der Waals surface area (Å²) in [5.74, 6) is -1.51. The fraction of sp³-hybridized carbons (Fsp3) is 0.235. The number of carboxylic acids is 1. The maximum absolute atomic E-state index is 11.9. The predicted octanol–water partition coefficient (Wildman–Crippen LogP) is 3.46. The molecule has 0 radical (unpaired) electrons. The number of benzene rings is 1. The van der Waals surface area contributed by atoms with E-state index in [-0.39, 0.29) is 5.69 Å². The smallest absolute Gasteiger partial charge is 0.417 e. The number of fused-ring (bicyclic) bond motifs is 2. The van der Waals surface area contributed by atoms with E-state index in [9.17, 15) is 14.7 Å². The molecule has 0 spiro atoms. The molecule has 0 unspecified atom stereocenters. The molecular weight excluding hydrogens is 342 g/mol. The molecule has 4 rings (SSSR count). The van der Waals surface area contributed by atoms with E-state index >= 15 is 0 Å². The zero-order valence-corrected chi connectivity index (χ0v) is 14.4. The summed E-state index contributed by atoms with van der Waals surface area (Å²) in [7, 11) is 0. The largest absolute Gasteiger partial charge is 0.477 e. The van der Waals surface area contributed by atoms with E-state index in [1.807, 2.05) is 19.9 Å². The molecule has 7 nitrogen and oxygen atoms in total. The quantitative estimate of drug-likeness (QED) is 0.582. The van der Waals surface area contributed by atoms with Crippen molar-refractivity contribution in [3.05, 3.63) is 45.0 Å². The molecule has 0 amide bonds. The van der Waals surface area contributed by atoms with E-state index in [2.05, 4.69) is 9.97 Å². The Hall–Kier alpha value is -2.87. The number of aryl methyl sites for hydroxylation is 2. The molecule has 4 aromatic rings. The monoisotopic (exact) mass is 357 g/mol. The number of aromatic amines is 1. The number of hydrogen-bond acceptors (Lipinski definition) is 5. The number of aromatic carboxylic acids is 1. The number of nitrogens with one attached hydrogen (secondary N) is 1. The van der Waals surface area contributed by atoms with Gasteiger partial charge in [0.2, 0.25) is 0 Å². The summed E-state index contributed by atoms with van der Waals surface area (Å²) in [4.78, 5) is 32.0. The maximum atomic E-state index is 11.9. The van der Waals surface area contributed by atoms with Crippen molar-refractivity contribution in [1.82, 2.24) is 14.4 Å². The average Bonchev–Trinajstić information content (AvgIpc) is 3.16. The third-order valence-electron chi connectivity index (χ3n) is 4.10. The van der Waals surface area contributed by atoms with Crippen LogP contribution < -0.4 is 5.76 Å². The first-order valence-electron chi connectivity index (χ1n) is 7.87. The van der Waals surface area contributed by atoms with E-state index in [1.165, 1.54) is 11.3 Å². The van der Waals surface area contributed by atoms with Gasteiger partial charge in [-0.15, -0.1) is 11.3 Å². The fourth-order valence-electron chi connectivity index (χ4n) is 3.12. The van der Waals surface area contributed by atoms with E-state index in [0.717, 1.165) is 22.6 Å². The first-order valence-corrected chi connectivity index (χ1v) is 8.68. The highest BCUT2D eigenvalue weighted by Gasteiger charge is 2.24. The van der Waals surface area contributed by atoms with Gasteiger partial charge in [0.05, 0.1) is 16.9 Å². The van der Waals surface area contributed by atoms with Crippen molar-refractivity contribution < 1.29 is 14.3 Å². The third-order valence-corrected chi connectivity index (χ3v) is 5.06. The summed E-state index contributed by atoms with van der Waals surface area (Å²) >= 11 is 1.45. The minimum atomic E-state index is -0.996. The normalized spacial score (nSPS) is 11.6. The summed E-state index contributed by atoms with van der Waals surface area (Å²) < 4.78 is 6.82. The molecule has 128 valence electrons. The number of nitrogens with zero attached hydrogens (tertiary/aromatic N) is 2. The summed E-state index contributed by atoms with van der Waals surface area (Å²) in [5.41, 5.74) is 3.38. The minimum absolute atomic E-state index is 0.201. The Bertz CT molecular complexity index is 1180. The van der Waals surface area contributed by atoms with Crippen LogP contribution in [0.4, 0.5) is 0 Å². The number of aromatic nitrogens is 3. The third kappa shape index (κ3) is 2.37. The lowest BCUT2D eigenvalue weighted by molar-refractivity contribution is 0.0688. The average molecular weight is 357 g/mol. The Morgan fingerprint density at radius 2 is 2.24 bits per heavy atom. The highest BCUT2D eigenvalue weighted by molar-refractivity contribution is 7.17. The molecule has 3 aromatic heterocycles. The molecule has 25 heavy (non-hydrogen) atoms. The summed E-state index contributed by atoms with van der Waals surface area (Å²) in [6.45, 7) is 3.92. The van der Waals surface area contributed by atoms with Gasteiger partial charge in [0.25, 0.3) is 0 Å². The molecule has 0 saturated carbocycles. The molecular formula is C17H15N3O4S. The molecule has 8 heteroatoms. The van der Waals surface area contributed by atoms with Crippen molar-refractivity contribution in [3.8, 4) is 11.3 Å². The molecule has 0 aliphatic heterocycles. The number of oxazole rings is 1. The molecule has 0 aliphatic rings. The van der Waals surface area contributed by atoms with Gasteiger partial charge in [-0.2, -0.15) is 0 Å². The summed E-state index contributed by atoms with van der Waals surface area (Å²) in [6.07, 6.45) is 1.43. The van der Waals surface area contributed by atoms with Crippen molar-refractivity contribution >= 4 is 33.4 Å². The van der Waals surface area contributed by atoms with Crippen LogP contribution in [0, 0.1) is 6.92 Å². The topological polar surface area (TPSA) is 101 Å². The van der Waals surface area contributed by atoms with Gasteiger partial charge >= 0.3 is 11.7 Å². The number of carboxylic acid groups (broad SMARTS) is 1. The van der Waals surface area contributed by atoms with Crippen LogP contribution in [-0.4, -0.2) is 25.4 Å². The van der Waals surface area contributed by atoms with Crippen molar-refractivity contribution in [2.75, 3.05) is 0 Å². The predicted molar refractivity (Wildman–Crippen MR) is 94.6 cm³/mol. The number of carbonyl (C=O) groups is 1. The van der Waals surface area contributed by atoms with Crippen molar-refractivity contribution in [2.24, 2.45) is 0 Å². The van der Waals surface area contributed by atoms with Gasteiger partial charge in [0.1, 0.15) is 0 Å². The highest BCUT2D eigenvalue weighted by atomic mass is 32.1. The first kappa shape index (κ1) is 15.6. The minimum Gasteiger partial charge on any atom is -0.477 e. The molecule has 0 atom stereocenters. The molecule has 0 fully saturated rings. The summed E-state index contributed by atoms with van der Waals surface area (Å²) in [5, 5.41) is 9.71. The lowest BCUT2D eigenvalue weighted by Gasteiger charge is -2.05. The van der Waals surface area contributed by atoms with Crippen molar-refractivity contribution in [2.45, 2.75) is 26.7 Å².